The van der Waals surface area contributed by atoms with Crippen LogP contribution in [0, 0.1) is 0 Å². The zero-order valence-electron chi connectivity index (χ0n) is 10.6. The number of hydrogen-bond acceptors (Lipinski definition) is 3. The van der Waals surface area contributed by atoms with Crippen molar-refractivity contribution >= 4 is 10.0 Å². The standard InChI is InChI=1S/C13H20N2O2S/c1-2-11-5-3-7-13(9-11)18(16,17)15-10-12-6-4-8-14-12/h3,5,7,9,12,14-15H,2,4,6,8,10H2,1H3. The Bertz CT molecular complexity index is 493. The molecule has 0 aliphatic carbocycles. The molecule has 18 heavy (non-hydrogen) atoms. The van der Waals surface area contributed by atoms with Crippen molar-refractivity contribution in [1.29, 1.82) is 0 Å². The monoisotopic (exact) mass is 268 g/mol. The molecule has 0 spiro atoms. The van der Waals surface area contributed by atoms with Crippen LogP contribution < -0.4 is 10.0 Å². The highest BCUT2D eigenvalue weighted by atomic mass is 32.2. The molecule has 1 heterocycles. The molecular formula is C13H20N2O2S. The first kappa shape index (κ1) is 13.5. The van der Waals surface area contributed by atoms with Crippen LogP contribution in [0.5, 0.6) is 0 Å². The van der Waals surface area contributed by atoms with Gasteiger partial charge in [-0.25, -0.2) is 13.1 Å². The van der Waals surface area contributed by atoms with Gasteiger partial charge in [0.15, 0.2) is 0 Å². The summed E-state index contributed by atoms with van der Waals surface area (Å²) in [7, 11) is -3.37. The summed E-state index contributed by atoms with van der Waals surface area (Å²) >= 11 is 0. The van der Waals surface area contributed by atoms with Crippen LogP contribution >= 0.6 is 0 Å². The fourth-order valence-electron chi connectivity index (χ4n) is 2.16. The summed E-state index contributed by atoms with van der Waals surface area (Å²) in [5.41, 5.74) is 1.04. The lowest BCUT2D eigenvalue weighted by atomic mass is 10.2. The third kappa shape index (κ3) is 3.31. The van der Waals surface area contributed by atoms with Crippen LogP contribution in [0.3, 0.4) is 0 Å². The van der Waals surface area contributed by atoms with E-state index in [1.54, 1.807) is 18.2 Å². The summed E-state index contributed by atoms with van der Waals surface area (Å²) in [5.74, 6) is 0. The van der Waals surface area contributed by atoms with Crippen molar-refractivity contribution in [3.63, 3.8) is 0 Å². The van der Waals surface area contributed by atoms with E-state index in [-0.39, 0.29) is 6.04 Å². The predicted octanol–water partition coefficient (Wildman–Crippen LogP) is 1.28. The molecule has 2 N–H and O–H groups in total. The van der Waals surface area contributed by atoms with E-state index in [1.165, 1.54) is 0 Å². The van der Waals surface area contributed by atoms with Crippen molar-refractivity contribution in [1.82, 2.24) is 10.0 Å². The first-order chi connectivity index (χ1) is 8.62. The highest BCUT2D eigenvalue weighted by Gasteiger charge is 2.19. The number of hydrogen-bond donors (Lipinski definition) is 2. The molecule has 4 nitrogen and oxygen atoms in total. The Morgan fingerprint density at radius 2 is 2.28 bits per heavy atom. The summed E-state index contributed by atoms with van der Waals surface area (Å²) in [6.45, 7) is 3.47. The molecular weight excluding hydrogens is 248 g/mol. The molecule has 1 atom stereocenters. The fourth-order valence-corrected chi connectivity index (χ4v) is 3.31. The van der Waals surface area contributed by atoms with E-state index in [0.29, 0.717) is 11.4 Å². The van der Waals surface area contributed by atoms with Gasteiger partial charge in [0.2, 0.25) is 10.0 Å². The molecule has 0 amide bonds. The van der Waals surface area contributed by atoms with E-state index in [0.717, 1.165) is 31.4 Å². The van der Waals surface area contributed by atoms with E-state index in [1.807, 2.05) is 13.0 Å². The number of rotatable bonds is 5. The van der Waals surface area contributed by atoms with Gasteiger partial charge in [0, 0.05) is 12.6 Å². The maximum absolute atomic E-state index is 12.1. The molecule has 100 valence electrons. The van der Waals surface area contributed by atoms with Crippen LogP contribution in [-0.4, -0.2) is 27.5 Å². The number of sulfonamides is 1. The van der Waals surface area contributed by atoms with Crippen LogP contribution in [0.2, 0.25) is 0 Å². The Hall–Kier alpha value is -0.910. The highest BCUT2D eigenvalue weighted by Crippen LogP contribution is 2.12. The molecule has 1 aliphatic heterocycles. The van der Waals surface area contributed by atoms with Gasteiger partial charge in [-0.05, 0) is 43.5 Å². The zero-order chi connectivity index (χ0) is 13.0. The van der Waals surface area contributed by atoms with E-state index in [4.69, 9.17) is 0 Å². The SMILES string of the molecule is CCc1cccc(S(=O)(=O)NCC2CCCN2)c1. The second-order valence-electron chi connectivity index (χ2n) is 4.65. The van der Waals surface area contributed by atoms with Gasteiger partial charge in [0.1, 0.15) is 0 Å². The summed E-state index contributed by atoms with van der Waals surface area (Å²) in [5, 5.41) is 3.28. The van der Waals surface area contributed by atoms with Crippen LogP contribution in [0.25, 0.3) is 0 Å². The van der Waals surface area contributed by atoms with Crippen molar-refractivity contribution in [2.75, 3.05) is 13.1 Å². The molecule has 0 saturated carbocycles. The van der Waals surface area contributed by atoms with Gasteiger partial charge in [-0.1, -0.05) is 19.1 Å². The average Bonchev–Trinajstić information content (AvgIpc) is 2.90. The Balaban J connectivity index is 2.04. The maximum Gasteiger partial charge on any atom is 0.240 e. The zero-order valence-corrected chi connectivity index (χ0v) is 11.5. The molecule has 5 heteroatoms. The first-order valence-corrected chi connectivity index (χ1v) is 7.92. The molecule has 0 radical (unpaired) electrons. The quantitative estimate of drug-likeness (QED) is 0.846. The Morgan fingerprint density at radius 3 is 2.94 bits per heavy atom. The van der Waals surface area contributed by atoms with Crippen LogP contribution in [0.15, 0.2) is 29.2 Å². The number of benzene rings is 1. The summed E-state index contributed by atoms with van der Waals surface area (Å²) in [4.78, 5) is 0.361. The minimum absolute atomic E-state index is 0.272. The predicted molar refractivity (Wildman–Crippen MR) is 72.0 cm³/mol. The van der Waals surface area contributed by atoms with E-state index in [9.17, 15) is 8.42 Å². The molecule has 0 aromatic heterocycles. The minimum atomic E-state index is -3.37. The molecule has 1 aliphatic rings. The normalized spacial score (nSPS) is 20.2. The summed E-state index contributed by atoms with van der Waals surface area (Å²) < 4.78 is 26.9. The van der Waals surface area contributed by atoms with Gasteiger partial charge in [0.05, 0.1) is 4.90 Å². The van der Waals surface area contributed by atoms with Crippen molar-refractivity contribution < 1.29 is 8.42 Å². The van der Waals surface area contributed by atoms with Crippen molar-refractivity contribution in [2.45, 2.75) is 37.1 Å². The van der Waals surface area contributed by atoms with E-state index >= 15 is 0 Å². The highest BCUT2D eigenvalue weighted by molar-refractivity contribution is 7.89. The van der Waals surface area contributed by atoms with Crippen LogP contribution in [0.1, 0.15) is 25.3 Å². The molecule has 2 rings (SSSR count). The first-order valence-electron chi connectivity index (χ1n) is 6.44. The van der Waals surface area contributed by atoms with Gasteiger partial charge >= 0.3 is 0 Å². The topological polar surface area (TPSA) is 58.2 Å². The molecule has 1 saturated heterocycles. The molecule has 1 aromatic rings. The molecule has 1 fully saturated rings. The van der Waals surface area contributed by atoms with Gasteiger partial charge < -0.3 is 5.32 Å². The molecule has 1 unspecified atom stereocenters. The fraction of sp³-hybridized carbons (Fsp3) is 0.538. The average molecular weight is 268 g/mol. The van der Waals surface area contributed by atoms with Crippen molar-refractivity contribution in [2.24, 2.45) is 0 Å². The lowest BCUT2D eigenvalue weighted by molar-refractivity contribution is 0.551. The van der Waals surface area contributed by atoms with E-state index in [2.05, 4.69) is 10.0 Å². The van der Waals surface area contributed by atoms with Gasteiger partial charge in [-0.15, -0.1) is 0 Å². The lowest BCUT2D eigenvalue weighted by Gasteiger charge is -2.12. The van der Waals surface area contributed by atoms with Crippen LogP contribution in [-0.2, 0) is 16.4 Å². The summed E-state index contributed by atoms with van der Waals surface area (Å²) in [6.07, 6.45) is 3.00. The number of nitrogens with one attached hydrogen (secondary N) is 2. The Kier molecular flexibility index (Phi) is 4.37. The van der Waals surface area contributed by atoms with Crippen LogP contribution in [0.4, 0.5) is 0 Å². The third-order valence-electron chi connectivity index (χ3n) is 3.30. The molecule has 1 aromatic carbocycles. The van der Waals surface area contributed by atoms with E-state index < -0.39 is 10.0 Å². The largest absolute Gasteiger partial charge is 0.313 e. The maximum atomic E-state index is 12.1. The third-order valence-corrected chi connectivity index (χ3v) is 4.72. The van der Waals surface area contributed by atoms with Gasteiger partial charge in [-0.3, -0.25) is 0 Å². The minimum Gasteiger partial charge on any atom is -0.313 e. The van der Waals surface area contributed by atoms with Gasteiger partial charge in [0.25, 0.3) is 0 Å². The second kappa shape index (κ2) is 5.82. The number of aryl methyl sites for hydroxylation is 1. The second-order valence-corrected chi connectivity index (χ2v) is 6.41. The lowest BCUT2D eigenvalue weighted by Crippen LogP contribution is -2.37. The van der Waals surface area contributed by atoms with Crippen molar-refractivity contribution in [3.8, 4) is 0 Å². The van der Waals surface area contributed by atoms with Gasteiger partial charge in [-0.2, -0.15) is 0 Å². The van der Waals surface area contributed by atoms with Crippen molar-refractivity contribution in [3.05, 3.63) is 29.8 Å². The smallest absolute Gasteiger partial charge is 0.240 e. The Labute approximate surface area is 109 Å². The Morgan fingerprint density at radius 1 is 1.44 bits per heavy atom. The summed E-state index contributed by atoms with van der Waals surface area (Å²) in [6, 6.07) is 7.39. The molecule has 0 bridgehead atoms.